The minimum absolute atomic E-state index is 0.00313. The summed E-state index contributed by atoms with van der Waals surface area (Å²) in [6.45, 7) is 2.80. The van der Waals surface area contributed by atoms with Crippen LogP contribution >= 0.6 is 0 Å². The highest BCUT2D eigenvalue weighted by atomic mass is 16.6. The van der Waals surface area contributed by atoms with E-state index < -0.39 is 0 Å². The van der Waals surface area contributed by atoms with E-state index in [0.717, 1.165) is 12.8 Å². The lowest BCUT2D eigenvalue weighted by Crippen LogP contribution is -2.45. The van der Waals surface area contributed by atoms with Gasteiger partial charge in [-0.15, -0.1) is 0 Å². The van der Waals surface area contributed by atoms with Crippen LogP contribution in [0.3, 0.4) is 0 Å². The minimum atomic E-state index is -0.332. The minimum Gasteiger partial charge on any atom is -0.459 e. The van der Waals surface area contributed by atoms with E-state index in [1.54, 1.807) is 0 Å². The van der Waals surface area contributed by atoms with E-state index in [1.807, 2.05) is 0 Å². The smallest absolute Gasteiger partial charge is 0.303 e. The molecule has 2 unspecified atom stereocenters. The molecule has 1 spiro atoms. The number of hydrogen-bond donors (Lipinski definition) is 1. The van der Waals surface area contributed by atoms with Gasteiger partial charge in [0.1, 0.15) is 12.2 Å². The maximum atomic E-state index is 11.3. The van der Waals surface area contributed by atoms with E-state index in [0.29, 0.717) is 11.8 Å². The zero-order valence-electron chi connectivity index (χ0n) is 12.1. The normalized spacial score (nSPS) is 45.9. The Morgan fingerprint density at radius 3 is 2.00 bits per heavy atom. The van der Waals surface area contributed by atoms with Crippen LogP contribution in [0.25, 0.3) is 0 Å². The highest BCUT2D eigenvalue weighted by Crippen LogP contribution is 2.62. The zero-order chi connectivity index (χ0) is 14.5. The molecule has 0 radical (unpaired) electrons. The topological polar surface area (TPSA) is 78.6 Å². The lowest BCUT2D eigenvalue weighted by molar-refractivity contribution is -0.162. The number of rotatable bonds is 2. The SMILES string of the molecule is CC(=O)OC1CC2(C[C@H]1OC(C)=O)[C@H]1CC[C@H](C1)[C@@H]2N. The van der Waals surface area contributed by atoms with Gasteiger partial charge >= 0.3 is 11.9 Å². The molecule has 0 amide bonds. The molecule has 0 aromatic rings. The second-order valence-electron chi connectivity index (χ2n) is 6.73. The first-order valence-electron chi connectivity index (χ1n) is 7.52. The Kier molecular flexibility index (Phi) is 3.27. The number of fused-ring (bicyclic) bond motifs is 3. The molecule has 0 aromatic carbocycles. The molecule has 2 N–H and O–H groups in total. The molecule has 0 aromatic heterocycles. The van der Waals surface area contributed by atoms with E-state index in [1.165, 1.54) is 33.1 Å². The quantitative estimate of drug-likeness (QED) is 0.774. The summed E-state index contributed by atoms with van der Waals surface area (Å²) in [4.78, 5) is 22.6. The maximum Gasteiger partial charge on any atom is 0.303 e. The molecule has 112 valence electrons. The van der Waals surface area contributed by atoms with Gasteiger partial charge in [0.25, 0.3) is 0 Å². The van der Waals surface area contributed by atoms with Crippen molar-refractivity contribution in [2.75, 3.05) is 0 Å². The number of carbonyl (C=O) groups is 2. The Bertz CT molecular complexity index is 408. The lowest BCUT2D eigenvalue weighted by Gasteiger charge is -2.39. The van der Waals surface area contributed by atoms with Crippen LogP contribution in [0.2, 0.25) is 0 Å². The van der Waals surface area contributed by atoms with Crippen molar-refractivity contribution in [2.45, 2.75) is 64.2 Å². The van der Waals surface area contributed by atoms with Crippen LogP contribution < -0.4 is 5.73 Å². The van der Waals surface area contributed by atoms with Gasteiger partial charge in [0, 0.05) is 19.9 Å². The monoisotopic (exact) mass is 281 g/mol. The summed E-state index contributed by atoms with van der Waals surface area (Å²) >= 11 is 0. The van der Waals surface area contributed by atoms with Crippen LogP contribution in [0.15, 0.2) is 0 Å². The molecular formula is C15H23NO4. The van der Waals surface area contributed by atoms with Crippen LogP contribution in [0.5, 0.6) is 0 Å². The van der Waals surface area contributed by atoms with Crippen LogP contribution in [0.4, 0.5) is 0 Å². The number of hydrogen-bond acceptors (Lipinski definition) is 5. The van der Waals surface area contributed by atoms with Crippen LogP contribution in [0, 0.1) is 17.3 Å². The molecule has 3 rings (SSSR count). The molecular weight excluding hydrogens is 258 g/mol. The van der Waals surface area contributed by atoms with Crippen LogP contribution in [0.1, 0.15) is 46.0 Å². The molecule has 3 aliphatic carbocycles. The predicted molar refractivity (Wildman–Crippen MR) is 71.6 cm³/mol. The molecule has 0 aliphatic heterocycles. The Hall–Kier alpha value is -1.10. The standard InChI is InChI=1S/C15H23NO4/c1-8(17)19-12-6-15(7-13(12)20-9(2)18)11-4-3-10(5-11)14(15)16/h10-14H,3-7,16H2,1-2H3/t10-,11+,12-,13?,14+,15?/m1/s1. The van der Waals surface area contributed by atoms with Gasteiger partial charge in [-0.2, -0.15) is 0 Å². The van der Waals surface area contributed by atoms with Crippen molar-refractivity contribution in [3.8, 4) is 0 Å². The summed E-state index contributed by atoms with van der Waals surface area (Å²) in [5.74, 6) is 0.553. The highest BCUT2D eigenvalue weighted by Gasteiger charge is 2.62. The molecule has 6 atom stereocenters. The van der Waals surface area contributed by atoms with Gasteiger partial charge in [-0.1, -0.05) is 0 Å². The molecule has 3 aliphatic rings. The Morgan fingerprint density at radius 2 is 1.60 bits per heavy atom. The van der Waals surface area contributed by atoms with E-state index in [-0.39, 0.29) is 35.6 Å². The molecule has 5 heteroatoms. The average molecular weight is 281 g/mol. The van der Waals surface area contributed by atoms with Crippen molar-refractivity contribution in [1.29, 1.82) is 0 Å². The van der Waals surface area contributed by atoms with Gasteiger partial charge in [0.05, 0.1) is 0 Å². The summed E-state index contributed by atoms with van der Waals surface area (Å²) in [6, 6.07) is 0.153. The van der Waals surface area contributed by atoms with Gasteiger partial charge in [-0.05, 0) is 49.4 Å². The molecule has 0 saturated heterocycles. The van der Waals surface area contributed by atoms with Crippen molar-refractivity contribution in [3.63, 3.8) is 0 Å². The summed E-state index contributed by atoms with van der Waals surface area (Å²) in [5.41, 5.74) is 6.47. The molecule has 20 heavy (non-hydrogen) atoms. The largest absolute Gasteiger partial charge is 0.459 e. The Morgan fingerprint density at radius 1 is 1.05 bits per heavy atom. The van der Waals surface area contributed by atoms with Crippen molar-refractivity contribution in [1.82, 2.24) is 0 Å². The second kappa shape index (κ2) is 4.72. The molecule has 3 saturated carbocycles. The lowest BCUT2D eigenvalue weighted by atomic mass is 9.69. The van der Waals surface area contributed by atoms with Crippen molar-refractivity contribution >= 4 is 11.9 Å². The summed E-state index contributed by atoms with van der Waals surface area (Å²) in [5, 5.41) is 0. The fraction of sp³-hybridized carbons (Fsp3) is 0.867. The second-order valence-corrected chi connectivity index (χ2v) is 6.73. The first-order chi connectivity index (χ1) is 9.42. The highest BCUT2D eigenvalue weighted by molar-refractivity contribution is 5.67. The van der Waals surface area contributed by atoms with E-state index >= 15 is 0 Å². The van der Waals surface area contributed by atoms with Crippen LogP contribution in [-0.2, 0) is 19.1 Å². The van der Waals surface area contributed by atoms with Crippen LogP contribution in [-0.4, -0.2) is 30.2 Å². The molecule has 2 bridgehead atoms. The first kappa shape index (κ1) is 13.9. The zero-order valence-corrected chi connectivity index (χ0v) is 12.1. The van der Waals surface area contributed by atoms with E-state index in [4.69, 9.17) is 15.2 Å². The predicted octanol–water partition coefficient (Wildman–Crippen LogP) is 1.39. The first-order valence-corrected chi connectivity index (χ1v) is 7.52. The fourth-order valence-electron chi connectivity index (χ4n) is 4.97. The Balaban J connectivity index is 1.81. The van der Waals surface area contributed by atoms with Gasteiger partial charge < -0.3 is 15.2 Å². The maximum absolute atomic E-state index is 11.3. The molecule has 5 nitrogen and oxygen atoms in total. The van der Waals surface area contributed by atoms with Gasteiger partial charge in [-0.3, -0.25) is 9.59 Å². The van der Waals surface area contributed by atoms with Gasteiger partial charge in [0.2, 0.25) is 0 Å². The van der Waals surface area contributed by atoms with Crippen molar-refractivity contribution in [3.05, 3.63) is 0 Å². The summed E-state index contributed by atoms with van der Waals surface area (Å²) in [7, 11) is 0. The third-order valence-corrected chi connectivity index (χ3v) is 5.67. The van der Waals surface area contributed by atoms with E-state index in [2.05, 4.69) is 0 Å². The number of carbonyl (C=O) groups excluding carboxylic acids is 2. The van der Waals surface area contributed by atoms with Crippen molar-refractivity contribution in [2.24, 2.45) is 23.0 Å². The summed E-state index contributed by atoms with van der Waals surface area (Å²) < 4.78 is 10.8. The van der Waals surface area contributed by atoms with Gasteiger partial charge in [0.15, 0.2) is 0 Å². The third kappa shape index (κ3) is 2.03. The third-order valence-electron chi connectivity index (χ3n) is 5.67. The summed E-state index contributed by atoms with van der Waals surface area (Å²) in [6.07, 6.45) is 4.42. The number of ether oxygens (including phenoxy) is 2. The number of esters is 2. The van der Waals surface area contributed by atoms with Crippen molar-refractivity contribution < 1.29 is 19.1 Å². The molecule has 3 fully saturated rings. The number of nitrogens with two attached hydrogens (primary N) is 1. The van der Waals surface area contributed by atoms with E-state index in [9.17, 15) is 9.59 Å². The van der Waals surface area contributed by atoms with Gasteiger partial charge in [-0.25, -0.2) is 0 Å². The fourth-order valence-corrected chi connectivity index (χ4v) is 4.97. The Labute approximate surface area is 119 Å². The average Bonchev–Trinajstić information content (AvgIpc) is 2.98. The molecule has 0 heterocycles.